The number of aryl methyl sites for hydroxylation is 1. The van der Waals surface area contributed by atoms with Gasteiger partial charge in [-0.2, -0.15) is 0 Å². The van der Waals surface area contributed by atoms with Gasteiger partial charge in [0.25, 0.3) is 10.0 Å². The predicted molar refractivity (Wildman–Crippen MR) is 123 cm³/mol. The lowest BCUT2D eigenvalue weighted by Crippen LogP contribution is -2.36. The van der Waals surface area contributed by atoms with Crippen LogP contribution in [0.3, 0.4) is 0 Å². The maximum absolute atomic E-state index is 12.6. The van der Waals surface area contributed by atoms with E-state index in [9.17, 15) is 13.2 Å². The SMILES string of the molecule is O=C(CN1CCCc2ccccc21)Nc1ccc(S(=O)(=O)NC2=NCCCCC2)cc1. The molecule has 0 aromatic heterocycles. The van der Waals surface area contributed by atoms with E-state index in [1.807, 2.05) is 18.2 Å². The van der Waals surface area contributed by atoms with E-state index in [0.717, 1.165) is 44.3 Å². The summed E-state index contributed by atoms with van der Waals surface area (Å²) in [6.45, 7) is 1.76. The van der Waals surface area contributed by atoms with Gasteiger partial charge in [-0.3, -0.25) is 14.5 Å². The lowest BCUT2D eigenvalue weighted by Gasteiger charge is -2.30. The smallest absolute Gasteiger partial charge is 0.262 e. The van der Waals surface area contributed by atoms with E-state index in [4.69, 9.17) is 0 Å². The fourth-order valence-corrected chi connectivity index (χ4v) is 5.13. The van der Waals surface area contributed by atoms with E-state index in [1.165, 1.54) is 17.7 Å². The van der Waals surface area contributed by atoms with E-state index in [0.29, 0.717) is 24.5 Å². The second-order valence-electron chi connectivity index (χ2n) is 7.97. The van der Waals surface area contributed by atoms with Crippen molar-refractivity contribution in [2.75, 3.05) is 29.9 Å². The van der Waals surface area contributed by atoms with Gasteiger partial charge in [0.1, 0.15) is 5.84 Å². The molecule has 2 N–H and O–H groups in total. The van der Waals surface area contributed by atoms with Crippen LogP contribution in [-0.2, 0) is 21.2 Å². The molecule has 2 heterocycles. The lowest BCUT2D eigenvalue weighted by atomic mass is 10.0. The van der Waals surface area contributed by atoms with Crippen molar-refractivity contribution in [3.63, 3.8) is 0 Å². The molecule has 164 valence electrons. The Morgan fingerprint density at radius 1 is 0.968 bits per heavy atom. The Kier molecular flexibility index (Phi) is 6.56. The minimum atomic E-state index is -3.68. The summed E-state index contributed by atoms with van der Waals surface area (Å²) in [7, 11) is -3.68. The largest absolute Gasteiger partial charge is 0.362 e. The quantitative estimate of drug-likeness (QED) is 0.746. The second kappa shape index (κ2) is 9.51. The predicted octanol–water partition coefficient (Wildman–Crippen LogP) is 3.33. The van der Waals surface area contributed by atoms with Gasteiger partial charge in [0.15, 0.2) is 0 Å². The van der Waals surface area contributed by atoms with Crippen LogP contribution >= 0.6 is 0 Å². The number of carbonyl (C=O) groups is 1. The van der Waals surface area contributed by atoms with E-state index < -0.39 is 10.0 Å². The number of rotatable bonds is 5. The normalized spacial score (nSPS) is 16.6. The molecule has 2 aromatic carbocycles. The Hall–Kier alpha value is -2.87. The number of nitrogens with zero attached hydrogens (tertiary/aromatic N) is 2. The highest BCUT2D eigenvalue weighted by molar-refractivity contribution is 7.90. The molecule has 0 atom stereocenters. The van der Waals surface area contributed by atoms with Crippen LogP contribution in [0, 0.1) is 0 Å². The highest BCUT2D eigenvalue weighted by Crippen LogP contribution is 2.26. The molecule has 0 fully saturated rings. The summed E-state index contributed by atoms with van der Waals surface area (Å²) in [5.74, 6) is 0.398. The first-order valence-corrected chi connectivity index (χ1v) is 12.3. The molecular formula is C23H28N4O3S. The van der Waals surface area contributed by atoms with Gasteiger partial charge in [-0.1, -0.05) is 24.6 Å². The number of sulfonamides is 1. The molecule has 0 unspecified atom stereocenters. The lowest BCUT2D eigenvalue weighted by molar-refractivity contribution is -0.115. The number of hydrogen-bond acceptors (Lipinski definition) is 5. The molecular weight excluding hydrogens is 412 g/mol. The van der Waals surface area contributed by atoms with Crippen LogP contribution in [0.1, 0.15) is 37.7 Å². The summed E-state index contributed by atoms with van der Waals surface area (Å²) in [6.07, 6.45) is 5.69. The van der Waals surface area contributed by atoms with Gasteiger partial charge < -0.3 is 10.2 Å². The summed E-state index contributed by atoms with van der Waals surface area (Å²) in [5, 5.41) is 2.87. The molecule has 0 bridgehead atoms. The van der Waals surface area contributed by atoms with Crippen LogP contribution in [0.25, 0.3) is 0 Å². The van der Waals surface area contributed by atoms with Gasteiger partial charge in [0.05, 0.1) is 11.4 Å². The molecule has 7 nitrogen and oxygen atoms in total. The minimum Gasteiger partial charge on any atom is -0.362 e. The number of hydrogen-bond donors (Lipinski definition) is 2. The van der Waals surface area contributed by atoms with Crippen molar-refractivity contribution >= 4 is 33.1 Å². The number of nitrogens with one attached hydrogen (secondary N) is 2. The zero-order valence-corrected chi connectivity index (χ0v) is 18.3. The Labute approximate surface area is 183 Å². The van der Waals surface area contributed by atoms with Gasteiger partial charge in [-0.15, -0.1) is 0 Å². The van der Waals surface area contributed by atoms with Gasteiger partial charge in [-0.05, 0) is 61.6 Å². The third-order valence-electron chi connectivity index (χ3n) is 5.62. The van der Waals surface area contributed by atoms with E-state index in [1.54, 1.807) is 12.1 Å². The van der Waals surface area contributed by atoms with E-state index >= 15 is 0 Å². The van der Waals surface area contributed by atoms with Crippen molar-refractivity contribution < 1.29 is 13.2 Å². The number of para-hydroxylation sites is 1. The summed E-state index contributed by atoms with van der Waals surface area (Å²) in [6, 6.07) is 14.4. The number of benzene rings is 2. The van der Waals surface area contributed by atoms with Crippen molar-refractivity contribution in [2.45, 2.75) is 43.4 Å². The van der Waals surface area contributed by atoms with Crippen LogP contribution < -0.4 is 14.9 Å². The van der Waals surface area contributed by atoms with Crippen LogP contribution in [0.2, 0.25) is 0 Å². The van der Waals surface area contributed by atoms with Gasteiger partial charge in [0, 0.05) is 30.9 Å². The summed E-state index contributed by atoms with van der Waals surface area (Å²) < 4.78 is 27.9. The van der Waals surface area contributed by atoms with Crippen molar-refractivity contribution in [3.8, 4) is 0 Å². The first-order valence-electron chi connectivity index (χ1n) is 10.8. The van der Waals surface area contributed by atoms with Crippen LogP contribution in [-0.4, -0.2) is 39.8 Å². The van der Waals surface area contributed by atoms with E-state index in [-0.39, 0.29) is 17.3 Å². The first-order chi connectivity index (χ1) is 15.0. The third kappa shape index (κ3) is 5.44. The Balaban J connectivity index is 1.37. The number of fused-ring (bicyclic) bond motifs is 1. The molecule has 0 saturated heterocycles. The molecule has 0 aliphatic carbocycles. The first kappa shape index (κ1) is 21.4. The topological polar surface area (TPSA) is 90.9 Å². The zero-order chi connectivity index (χ0) is 21.7. The van der Waals surface area contributed by atoms with Crippen LogP contribution in [0.4, 0.5) is 11.4 Å². The molecule has 31 heavy (non-hydrogen) atoms. The monoisotopic (exact) mass is 440 g/mol. The number of aliphatic imine (C=N–C) groups is 1. The standard InChI is InChI=1S/C23H28N4O3S/c28-23(17-27-16-6-8-18-7-3-4-9-21(18)27)25-19-11-13-20(14-12-19)31(29,30)26-22-10-2-1-5-15-24-22/h3-4,7,9,11-14H,1-2,5-6,8,10,15-17H2,(H,24,26)(H,25,28). The maximum atomic E-state index is 12.6. The van der Waals surface area contributed by atoms with Crippen molar-refractivity contribution in [1.29, 1.82) is 0 Å². The van der Waals surface area contributed by atoms with Gasteiger partial charge >= 0.3 is 0 Å². The van der Waals surface area contributed by atoms with E-state index in [2.05, 4.69) is 26.0 Å². The summed E-state index contributed by atoms with van der Waals surface area (Å²) in [5.41, 5.74) is 2.95. The minimum absolute atomic E-state index is 0.127. The molecule has 0 radical (unpaired) electrons. The molecule has 8 heteroatoms. The maximum Gasteiger partial charge on any atom is 0.262 e. The highest BCUT2D eigenvalue weighted by Gasteiger charge is 2.20. The average Bonchev–Trinajstić information content (AvgIpc) is 3.02. The van der Waals surface area contributed by atoms with Gasteiger partial charge in [-0.25, -0.2) is 8.42 Å². The van der Waals surface area contributed by atoms with Crippen molar-refractivity contribution in [1.82, 2.24) is 4.72 Å². The fraction of sp³-hybridized carbons (Fsp3) is 0.391. The molecule has 2 aromatic rings. The Bertz CT molecular complexity index is 1060. The third-order valence-corrected chi connectivity index (χ3v) is 7.01. The average molecular weight is 441 g/mol. The Morgan fingerprint density at radius 2 is 1.77 bits per heavy atom. The van der Waals surface area contributed by atoms with Crippen molar-refractivity contribution in [3.05, 3.63) is 54.1 Å². The van der Waals surface area contributed by atoms with Gasteiger partial charge in [0.2, 0.25) is 5.91 Å². The second-order valence-corrected chi connectivity index (χ2v) is 9.65. The number of amidine groups is 1. The van der Waals surface area contributed by atoms with Crippen LogP contribution in [0.15, 0.2) is 58.4 Å². The number of anilines is 2. The summed E-state index contributed by atoms with van der Waals surface area (Å²) in [4.78, 5) is 19.1. The fourth-order valence-electron chi connectivity index (χ4n) is 4.04. The molecule has 1 amide bonds. The molecule has 0 saturated carbocycles. The molecule has 0 spiro atoms. The van der Waals surface area contributed by atoms with Crippen molar-refractivity contribution in [2.24, 2.45) is 4.99 Å². The summed E-state index contributed by atoms with van der Waals surface area (Å²) >= 11 is 0. The Morgan fingerprint density at radius 3 is 2.61 bits per heavy atom. The number of carbonyl (C=O) groups excluding carboxylic acids is 1. The van der Waals surface area contributed by atoms with Crippen LogP contribution in [0.5, 0.6) is 0 Å². The highest BCUT2D eigenvalue weighted by atomic mass is 32.2. The molecule has 2 aliphatic rings. The zero-order valence-electron chi connectivity index (χ0n) is 17.5. The molecule has 4 rings (SSSR count). The number of amides is 1. The molecule has 2 aliphatic heterocycles.